The van der Waals surface area contributed by atoms with E-state index in [0.29, 0.717) is 12.0 Å². The van der Waals surface area contributed by atoms with E-state index in [1.807, 2.05) is 0 Å². The molecule has 104 valence electrons. The van der Waals surface area contributed by atoms with Crippen molar-refractivity contribution in [3.63, 3.8) is 0 Å². The van der Waals surface area contributed by atoms with E-state index >= 15 is 0 Å². The number of hydrogen-bond acceptors (Lipinski definition) is 2. The molecule has 1 aliphatic carbocycles. The maximum absolute atomic E-state index is 10.2. The summed E-state index contributed by atoms with van der Waals surface area (Å²) in [5.74, 6) is 0.521. The maximum Gasteiger partial charge on any atom is 0.0583 e. The molecule has 0 bridgehead atoms. The fourth-order valence-corrected chi connectivity index (χ4v) is 4.00. The third-order valence-corrected chi connectivity index (χ3v) is 4.91. The molecule has 1 heterocycles. The van der Waals surface area contributed by atoms with Gasteiger partial charge in [-0.3, -0.25) is 4.90 Å². The minimum absolute atomic E-state index is 0.0527. The standard InChI is InChI=1S/C17H25NO/c1-13-5-2-6-14(11-13)12-18-10-4-8-16(18)15-7-3-9-17(15)19/h2,5-6,11,15-17,19H,3-4,7-10,12H2,1H3. The van der Waals surface area contributed by atoms with E-state index in [1.54, 1.807) is 0 Å². The number of aryl methyl sites for hydroxylation is 1. The van der Waals surface area contributed by atoms with E-state index in [4.69, 9.17) is 0 Å². The number of aliphatic hydroxyl groups is 1. The van der Waals surface area contributed by atoms with Crippen LogP contribution in [0.3, 0.4) is 0 Å². The van der Waals surface area contributed by atoms with Crippen LogP contribution in [0.25, 0.3) is 0 Å². The van der Waals surface area contributed by atoms with Crippen LogP contribution >= 0.6 is 0 Å². The molecular weight excluding hydrogens is 234 g/mol. The molecule has 2 heteroatoms. The smallest absolute Gasteiger partial charge is 0.0583 e. The van der Waals surface area contributed by atoms with Gasteiger partial charge in [0.15, 0.2) is 0 Å². The van der Waals surface area contributed by atoms with E-state index in [0.717, 1.165) is 13.0 Å². The van der Waals surface area contributed by atoms with Crippen molar-refractivity contribution in [3.8, 4) is 0 Å². The lowest BCUT2D eigenvalue weighted by atomic mass is 9.94. The summed E-state index contributed by atoms with van der Waals surface area (Å²) in [6.07, 6.45) is 5.95. The minimum atomic E-state index is -0.0527. The quantitative estimate of drug-likeness (QED) is 0.901. The molecule has 2 nitrogen and oxygen atoms in total. The average Bonchev–Trinajstić information content (AvgIpc) is 2.98. The van der Waals surface area contributed by atoms with E-state index in [9.17, 15) is 5.11 Å². The van der Waals surface area contributed by atoms with E-state index in [1.165, 1.54) is 43.4 Å². The molecule has 1 aliphatic heterocycles. The van der Waals surface area contributed by atoms with Crippen LogP contribution in [-0.2, 0) is 6.54 Å². The summed E-state index contributed by atoms with van der Waals surface area (Å²) in [5, 5.41) is 10.2. The van der Waals surface area contributed by atoms with Crippen molar-refractivity contribution < 1.29 is 5.11 Å². The highest BCUT2D eigenvalue weighted by Gasteiger charge is 2.37. The molecule has 1 N–H and O–H groups in total. The third-order valence-electron chi connectivity index (χ3n) is 4.91. The van der Waals surface area contributed by atoms with Crippen LogP contribution in [-0.4, -0.2) is 28.7 Å². The lowest BCUT2D eigenvalue weighted by molar-refractivity contribution is 0.0719. The first kappa shape index (κ1) is 13.1. The van der Waals surface area contributed by atoms with Crippen LogP contribution in [0.2, 0.25) is 0 Å². The topological polar surface area (TPSA) is 23.5 Å². The predicted molar refractivity (Wildman–Crippen MR) is 78.0 cm³/mol. The first-order valence-electron chi connectivity index (χ1n) is 7.72. The maximum atomic E-state index is 10.2. The Kier molecular flexibility index (Phi) is 3.90. The van der Waals surface area contributed by atoms with Gasteiger partial charge in [0.25, 0.3) is 0 Å². The van der Waals surface area contributed by atoms with Crippen LogP contribution in [0, 0.1) is 12.8 Å². The number of benzene rings is 1. The molecule has 0 spiro atoms. The zero-order chi connectivity index (χ0) is 13.2. The number of aliphatic hydroxyl groups excluding tert-OH is 1. The molecule has 0 radical (unpaired) electrons. The van der Waals surface area contributed by atoms with Crippen LogP contribution in [0.15, 0.2) is 24.3 Å². The zero-order valence-electron chi connectivity index (χ0n) is 11.9. The Balaban J connectivity index is 1.69. The van der Waals surface area contributed by atoms with Crippen LogP contribution < -0.4 is 0 Å². The summed E-state index contributed by atoms with van der Waals surface area (Å²) < 4.78 is 0. The fraction of sp³-hybridized carbons (Fsp3) is 0.647. The lowest BCUT2D eigenvalue weighted by Gasteiger charge is -2.31. The molecule has 19 heavy (non-hydrogen) atoms. The lowest BCUT2D eigenvalue weighted by Crippen LogP contribution is -2.38. The van der Waals surface area contributed by atoms with Gasteiger partial charge >= 0.3 is 0 Å². The second kappa shape index (κ2) is 5.64. The van der Waals surface area contributed by atoms with Crippen LogP contribution in [0.1, 0.15) is 43.2 Å². The van der Waals surface area contributed by atoms with Crippen molar-refractivity contribution in [1.82, 2.24) is 4.90 Å². The van der Waals surface area contributed by atoms with Gasteiger partial charge < -0.3 is 5.11 Å². The van der Waals surface area contributed by atoms with Crippen molar-refractivity contribution in [3.05, 3.63) is 35.4 Å². The molecule has 1 aromatic rings. The van der Waals surface area contributed by atoms with Crippen molar-refractivity contribution >= 4 is 0 Å². The molecule has 3 rings (SSSR count). The summed E-state index contributed by atoms with van der Waals surface area (Å²) in [4.78, 5) is 2.61. The van der Waals surface area contributed by atoms with Gasteiger partial charge in [-0.1, -0.05) is 36.2 Å². The van der Waals surface area contributed by atoms with Gasteiger partial charge in [-0.2, -0.15) is 0 Å². The summed E-state index contributed by atoms with van der Waals surface area (Å²) in [5.41, 5.74) is 2.76. The summed E-state index contributed by atoms with van der Waals surface area (Å²) >= 11 is 0. The summed E-state index contributed by atoms with van der Waals surface area (Å²) in [6.45, 7) is 4.41. The average molecular weight is 259 g/mol. The second-order valence-corrected chi connectivity index (χ2v) is 6.33. The first-order valence-corrected chi connectivity index (χ1v) is 7.72. The molecule has 1 aromatic carbocycles. The molecule has 1 saturated heterocycles. The molecule has 2 fully saturated rings. The molecular formula is C17H25NO. The summed E-state index contributed by atoms with van der Waals surface area (Å²) in [6, 6.07) is 9.44. The number of rotatable bonds is 3. The highest BCUT2D eigenvalue weighted by atomic mass is 16.3. The Bertz CT molecular complexity index is 431. The predicted octanol–water partition coefficient (Wildman–Crippen LogP) is 3.12. The van der Waals surface area contributed by atoms with Crippen LogP contribution in [0.5, 0.6) is 0 Å². The van der Waals surface area contributed by atoms with Gasteiger partial charge in [-0.25, -0.2) is 0 Å². The van der Waals surface area contributed by atoms with Gasteiger partial charge in [0.05, 0.1) is 6.10 Å². The monoisotopic (exact) mass is 259 g/mol. The van der Waals surface area contributed by atoms with E-state index in [-0.39, 0.29) is 6.10 Å². The van der Waals surface area contributed by atoms with Crippen LogP contribution in [0.4, 0.5) is 0 Å². The molecule has 3 atom stereocenters. The largest absolute Gasteiger partial charge is 0.393 e. The third kappa shape index (κ3) is 2.85. The Morgan fingerprint density at radius 1 is 1.21 bits per heavy atom. The Morgan fingerprint density at radius 3 is 2.84 bits per heavy atom. The van der Waals surface area contributed by atoms with Gasteiger partial charge in [0.2, 0.25) is 0 Å². The Morgan fingerprint density at radius 2 is 2.11 bits per heavy atom. The molecule has 1 saturated carbocycles. The van der Waals surface area contributed by atoms with Crippen molar-refractivity contribution in [1.29, 1.82) is 0 Å². The SMILES string of the molecule is Cc1cccc(CN2CCCC2C2CCCC2O)c1. The molecule has 0 aromatic heterocycles. The highest BCUT2D eigenvalue weighted by molar-refractivity contribution is 5.22. The first-order chi connectivity index (χ1) is 9.24. The van der Waals surface area contributed by atoms with Gasteiger partial charge in [-0.05, 0) is 44.7 Å². The van der Waals surface area contributed by atoms with Gasteiger partial charge in [-0.15, -0.1) is 0 Å². The van der Waals surface area contributed by atoms with E-state index < -0.39 is 0 Å². The molecule has 2 aliphatic rings. The Labute approximate surface area is 116 Å². The number of likely N-dealkylation sites (tertiary alicyclic amines) is 1. The van der Waals surface area contributed by atoms with Gasteiger partial charge in [0, 0.05) is 18.5 Å². The number of hydrogen-bond donors (Lipinski definition) is 1. The van der Waals surface area contributed by atoms with E-state index in [2.05, 4.69) is 36.1 Å². The fourth-order valence-electron chi connectivity index (χ4n) is 4.00. The highest BCUT2D eigenvalue weighted by Crippen LogP contribution is 2.36. The molecule has 3 unspecified atom stereocenters. The zero-order valence-corrected chi connectivity index (χ0v) is 11.9. The van der Waals surface area contributed by atoms with Gasteiger partial charge in [0.1, 0.15) is 0 Å². The Hall–Kier alpha value is -0.860. The van der Waals surface area contributed by atoms with Crippen molar-refractivity contribution in [2.24, 2.45) is 5.92 Å². The second-order valence-electron chi connectivity index (χ2n) is 6.33. The normalized spacial score (nSPS) is 32.0. The van der Waals surface area contributed by atoms with Crippen molar-refractivity contribution in [2.45, 2.75) is 57.7 Å². The number of nitrogens with zero attached hydrogens (tertiary/aromatic N) is 1. The minimum Gasteiger partial charge on any atom is -0.393 e. The van der Waals surface area contributed by atoms with Crippen molar-refractivity contribution in [2.75, 3.05) is 6.54 Å². The molecule has 0 amide bonds. The summed E-state index contributed by atoms with van der Waals surface area (Å²) in [7, 11) is 0.